The quantitative estimate of drug-likeness (QED) is 0.605. The first-order valence-corrected chi connectivity index (χ1v) is 6.22. The minimum absolute atomic E-state index is 0.229. The number of hydrogen-bond donors (Lipinski definition) is 1. The molecule has 1 fully saturated rings. The molecule has 1 N–H and O–H groups in total. The van der Waals surface area contributed by atoms with Gasteiger partial charge in [0.1, 0.15) is 0 Å². The zero-order valence-electron chi connectivity index (χ0n) is 10.7. The Balaban J connectivity index is 2.15. The molecule has 1 saturated carbocycles. The SMILES string of the molecule is CCCOC1C(NC)CC1OCCCOC. The van der Waals surface area contributed by atoms with E-state index in [1.54, 1.807) is 7.11 Å². The van der Waals surface area contributed by atoms with E-state index in [0.29, 0.717) is 6.04 Å². The van der Waals surface area contributed by atoms with Gasteiger partial charge >= 0.3 is 0 Å². The molecule has 0 bridgehead atoms. The molecular formula is C12H25NO3. The predicted octanol–water partition coefficient (Wildman–Crippen LogP) is 1.19. The van der Waals surface area contributed by atoms with Crippen molar-refractivity contribution in [2.75, 3.05) is 34.0 Å². The number of rotatable bonds is 9. The summed E-state index contributed by atoms with van der Waals surface area (Å²) in [6.45, 7) is 4.48. The third-order valence-corrected chi connectivity index (χ3v) is 2.96. The molecule has 0 aromatic heterocycles. The van der Waals surface area contributed by atoms with Crippen molar-refractivity contribution < 1.29 is 14.2 Å². The highest BCUT2D eigenvalue weighted by molar-refractivity contribution is 4.96. The minimum atomic E-state index is 0.229. The van der Waals surface area contributed by atoms with Gasteiger partial charge < -0.3 is 19.5 Å². The molecule has 1 aliphatic rings. The van der Waals surface area contributed by atoms with E-state index in [-0.39, 0.29) is 12.2 Å². The van der Waals surface area contributed by atoms with Crippen LogP contribution < -0.4 is 5.32 Å². The average molecular weight is 231 g/mol. The van der Waals surface area contributed by atoms with Crippen molar-refractivity contribution in [3.63, 3.8) is 0 Å². The van der Waals surface area contributed by atoms with E-state index < -0.39 is 0 Å². The number of likely N-dealkylation sites (N-methyl/N-ethyl adjacent to an activating group) is 1. The highest BCUT2D eigenvalue weighted by atomic mass is 16.5. The van der Waals surface area contributed by atoms with Crippen molar-refractivity contribution in [3.8, 4) is 0 Å². The van der Waals surface area contributed by atoms with Gasteiger partial charge in [-0.1, -0.05) is 6.92 Å². The Labute approximate surface area is 98.6 Å². The van der Waals surface area contributed by atoms with Crippen LogP contribution in [0.4, 0.5) is 0 Å². The second-order valence-electron chi connectivity index (χ2n) is 4.22. The van der Waals surface area contributed by atoms with Crippen LogP contribution in [0.25, 0.3) is 0 Å². The Morgan fingerprint density at radius 2 is 2.00 bits per heavy atom. The van der Waals surface area contributed by atoms with Crippen LogP contribution in [-0.2, 0) is 14.2 Å². The van der Waals surface area contributed by atoms with Crippen LogP contribution in [0.5, 0.6) is 0 Å². The first kappa shape index (κ1) is 13.9. The highest BCUT2D eigenvalue weighted by Gasteiger charge is 2.41. The van der Waals surface area contributed by atoms with Gasteiger partial charge in [-0.3, -0.25) is 0 Å². The van der Waals surface area contributed by atoms with E-state index >= 15 is 0 Å². The van der Waals surface area contributed by atoms with Gasteiger partial charge in [-0.2, -0.15) is 0 Å². The molecule has 3 unspecified atom stereocenters. The second kappa shape index (κ2) is 8.01. The fraction of sp³-hybridized carbons (Fsp3) is 1.00. The summed E-state index contributed by atoms with van der Waals surface area (Å²) in [6, 6.07) is 0.457. The molecule has 4 heteroatoms. The normalized spacial score (nSPS) is 29.1. The molecule has 4 nitrogen and oxygen atoms in total. The van der Waals surface area contributed by atoms with Gasteiger partial charge in [0.25, 0.3) is 0 Å². The topological polar surface area (TPSA) is 39.7 Å². The molecule has 0 saturated heterocycles. The molecular weight excluding hydrogens is 206 g/mol. The Morgan fingerprint density at radius 1 is 1.19 bits per heavy atom. The van der Waals surface area contributed by atoms with E-state index in [2.05, 4.69) is 12.2 Å². The standard InChI is InChI=1S/C12H25NO3/c1-4-6-16-12-10(13-2)9-11(12)15-8-5-7-14-3/h10-13H,4-9H2,1-3H3. The molecule has 0 spiro atoms. The van der Waals surface area contributed by atoms with E-state index in [4.69, 9.17) is 14.2 Å². The molecule has 0 aliphatic heterocycles. The van der Waals surface area contributed by atoms with Crippen LogP contribution in [-0.4, -0.2) is 52.2 Å². The molecule has 0 aromatic carbocycles. The van der Waals surface area contributed by atoms with Gasteiger partial charge in [0.15, 0.2) is 0 Å². The first-order chi connectivity index (χ1) is 7.83. The van der Waals surface area contributed by atoms with E-state index in [0.717, 1.165) is 39.1 Å². The largest absolute Gasteiger partial charge is 0.385 e. The summed E-state index contributed by atoms with van der Waals surface area (Å²) in [5, 5.41) is 3.26. The summed E-state index contributed by atoms with van der Waals surface area (Å²) in [4.78, 5) is 0. The van der Waals surface area contributed by atoms with E-state index in [1.807, 2.05) is 7.05 Å². The van der Waals surface area contributed by atoms with Crippen LogP contribution >= 0.6 is 0 Å². The Bertz CT molecular complexity index is 178. The maximum Gasteiger partial charge on any atom is 0.0990 e. The van der Waals surface area contributed by atoms with Crippen molar-refractivity contribution in [1.82, 2.24) is 5.32 Å². The predicted molar refractivity (Wildman–Crippen MR) is 63.7 cm³/mol. The lowest BCUT2D eigenvalue weighted by Gasteiger charge is -2.43. The van der Waals surface area contributed by atoms with Crippen LogP contribution in [0.15, 0.2) is 0 Å². The summed E-state index contributed by atoms with van der Waals surface area (Å²) in [5.41, 5.74) is 0. The van der Waals surface area contributed by atoms with Gasteiger partial charge in [0.2, 0.25) is 0 Å². The number of methoxy groups -OCH3 is 1. The molecule has 0 aromatic rings. The molecule has 0 amide bonds. The molecule has 16 heavy (non-hydrogen) atoms. The second-order valence-corrected chi connectivity index (χ2v) is 4.22. The zero-order chi connectivity index (χ0) is 11.8. The Kier molecular flexibility index (Phi) is 6.96. The minimum Gasteiger partial charge on any atom is -0.385 e. The lowest BCUT2D eigenvalue weighted by molar-refractivity contribution is -0.147. The van der Waals surface area contributed by atoms with Crippen LogP contribution in [0.1, 0.15) is 26.2 Å². The summed E-state index contributed by atoms with van der Waals surface area (Å²) in [7, 11) is 3.70. The van der Waals surface area contributed by atoms with Crippen molar-refractivity contribution in [2.24, 2.45) is 0 Å². The van der Waals surface area contributed by atoms with Crippen molar-refractivity contribution in [2.45, 2.75) is 44.4 Å². The maximum absolute atomic E-state index is 5.78. The first-order valence-electron chi connectivity index (χ1n) is 6.22. The van der Waals surface area contributed by atoms with Crippen molar-refractivity contribution >= 4 is 0 Å². The van der Waals surface area contributed by atoms with Gasteiger partial charge in [-0.25, -0.2) is 0 Å². The highest BCUT2D eigenvalue weighted by Crippen LogP contribution is 2.27. The fourth-order valence-corrected chi connectivity index (χ4v) is 1.94. The molecule has 1 rings (SSSR count). The molecule has 3 atom stereocenters. The Hall–Kier alpha value is -0.160. The smallest absolute Gasteiger partial charge is 0.0990 e. The Morgan fingerprint density at radius 3 is 2.62 bits per heavy atom. The molecule has 1 aliphatic carbocycles. The lowest BCUT2D eigenvalue weighted by atomic mass is 9.85. The van der Waals surface area contributed by atoms with Gasteiger partial charge in [0, 0.05) is 33.0 Å². The van der Waals surface area contributed by atoms with Crippen LogP contribution in [0, 0.1) is 0 Å². The fourth-order valence-electron chi connectivity index (χ4n) is 1.94. The van der Waals surface area contributed by atoms with Crippen LogP contribution in [0.2, 0.25) is 0 Å². The average Bonchev–Trinajstić information content (AvgIpc) is 2.28. The van der Waals surface area contributed by atoms with E-state index in [1.165, 1.54) is 0 Å². The maximum atomic E-state index is 5.78. The molecule has 96 valence electrons. The summed E-state index contributed by atoms with van der Waals surface area (Å²) >= 11 is 0. The number of hydrogen-bond acceptors (Lipinski definition) is 4. The van der Waals surface area contributed by atoms with E-state index in [9.17, 15) is 0 Å². The molecule has 0 radical (unpaired) electrons. The number of nitrogens with one attached hydrogen (secondary N) is 1. The van der Waals surface area contributed by atoms with Crippen LogP contribution in [0.3, 0.4) is 0 Å². The van der Waals surface area contributed by atoms with Gasteiger partial charge in [-0.15, -0.1) is 0 Å². The molecule has 0 heterocycles. The third kappa shape index (κ3) is 4.01. The van der Waals surface area contributed by atoms with Gasteiger partial charge in [-0.05, 0) is 26.3 Å². The van der Waals surface area contributed by atoms with Gasteiger partial charge in [0.05, 0.1) is 12.2 Å². The third-order valence-electron chi connectivity index (χ3n) is 2.96. The monoisotopic (exact) mass is 231 g/mol. The zero-order valence-corrected chi connectivity index (χ0v) is 10.7. The lowest BCUT2D eigenvalue weighted by Crippen LogP contribution is -2.59. The summed E-state index contributed by atoms with van der Waals surface area (Å²) < 4.78 is 16.5. The van der Waals surface area contributed by atoms with Crippen molar-refractivity contribution in [1.29, 1.82) is 0 Å². The van der Waals surface area contributed by atoms with Crippen molar-refractivity contribution in [3.05, 3.63) is 0 Å². The summed E-state index contributed by atoms with van der Waals surface area (Å²) in [6.07, 6.45) is 3.56. The number of ether oxygens (including phenoxy) is 3. The summed E-state index contributed by atoms with van der Waals surface area (Å²) in [5.74, 6) is 0.